The molecule has 0 saturated heterocycles. The van der Waals surface area contributed by atoms with Gasteiger partial charge in [0.1, 0.15) is 15.9 Å². The molecular weight excluding hydrogens is 488 g/mol. The average Bonchev–Trinajstić information content (AvgIpc) is 3.26. The minimum absolute atomic E-state index is 0.0241. The number of carbonyl (C=O) groups excluding carboxylic acids is 1. The Balaban J connectivity index is 1.62. The number of aromatic nitrogens is 2. The minimum Gasteiger partial charge on any atom is -0.348 e. The lowest BCUT2D eigenvalue weighted by Crippen LogP contribution is -2.25. The summed E-state index contributed by atoms with van der Waals surface area (Å²) in [5.41, 5.74) is 1.95. The number of hydrogen-bond donors (Lipinski definition) is 2. The first-order valence-corrected chi connectivity index (χ1v) is 13.1. The molecular formula is C21H17ClN4O3S3. The molecule has 1 heterocycles. The van der Waals surface area contributed by atoms with E-state index in [-0.39, 0.29) is 21.7 Å². The third kappa shape index (κ3) is 4.73. The van der Waals surface area contributed by atoms with Crippen LogP contribution in [0.4, 0.5) is 5.69 Å². The average molecular weight is 505 g/mol. The number of amides is 1. The van der Waals surface area contributed by atoms with Gasteiger partial charge >= 0.3 is 0 Å². The Bertz CT molecular complexity index is 1410. The summed E-state index contributed by atoms with van der Waals surface area (Å²) in [7, 11) is -4.05. The molecule has 0 aliphatic rings. The standard InChI is InChI=1S/C21H17ClN4O3S3/c1-30-18-7-3-2-5-13(18)12-23-21(27)15-10-9-14(22)11-17(15)26-32(28,29)19-8-4-6-16-20(19)25-31-24-16/h2-11,26H,12H2,1H3,(H,23,27). The van der Waals surface area contributed by atoms with Crippen LogP contribution in [0, 0.1) is 0 Å². The molecule has 0 aliphatic carbocycles. The Kier molecular flexibility index (Phi) is 6.66. The maximum Gasteiger partial charge on any atom is 0.264 e. The van der Waals surface area contributed by atoms with Gasteiger partial charge in [-0.3, -0.25) is 9.52 Å². The first-order valence-electron chi connectivity index (χ1n) is 9.33. The first kappa shape index (κ1) is 22.5. The predicted octanol–water partition coefficient (Wildman–Crippen LogP) is 4.80. The van der Waals surface area contributed by atoms with Crippen molar-refractivity contribution in [3.8, 4) is 0 Å². The molecule has 3 aromatic carbocycles. The third-order valence-corrected chi connectivity index (χ3v) is 7.65. The normalized spacial score (nSPS) is 11.4. The molecule has 1 amide bonds. The smallest absolute Gasteiger partial charge is 0.264 e. The lowest BCUT2D eigenvalue weighted by Gasteiger charge is -2.14. The van der Waals surface area contributed by atoms with Gasteiger partial charge in [0, 0.05) is 16.5 Å². The number of hydrogen-bond acceptors (Lipinski definition) is 7. The van der Waals surface area contributed by atoms with Crippen LogP contribution in [0.15, 0.2) is 70.5 Å². The van der Waals surface area contributed by atoms with Crippen LogP contribution < -0.4 is 10.0 Å². The Morgan fingerprint density at radius 3 is 2.72 bits per heavy atom. The zero-order valence-electron chi connectivity index (χ0n) is 16.7. The van der Waals surface area contributed by atoms with Gasteiger partial charge in [0.2, 0.25) is 0 Å². The van der Waals surface area contributed by atoms with Crippen molar-refractivity contribution >= 4 is 67.7 Å². The molecule has 1 aromatic heterocycles. The number of thioether (sulfide) groups is 1. The molecule has 7 nitrogen and oxygen atoms in total. The molecule has 0 atom stereocenters. The second-order valence-corrected chi connectivity index (χ2v) is 10.1. The summed E-state index contributed by atoms with van der Waals surface area (Å²) < 4.78 is 36.9. The molecule has 0 radical (unpaired) electrons. The topological polar surface area (TPSA) is 101 Å². The van der Waals surface area contributed by atoms with Crippen molar-refractivity contribution < 1.29 is 13.2 Å². The van der Waals surface area contributed by atoms with E-state index in [4.69, 9.17) is 11.6 Å². The number of benzene rings is 3. The van der Waals surface area contributed by atoms with E-state index in [1.165, 1.54) is 24.3 Å². The zero-order chi connectivity index (χ0) is 22.7. The second-order valence-electron chi connectivity index (χ2n) is 6.68. The highest BCUT2D eigenvalue weighted by molar-refractivity contribution is 7.98. The van der Waals surface area contributed by atoms with Crippen molar-refractivity contribution in [2.24, 2.45) is 0 Å². The number of rotatable bonds is 7. The molecule has 0 fully saturated rings. The molecule has 0 saturated carbocycles. The van der Waals surface area contributed by atoms with E-state index in [1.807, 2.05) is 30.5 Å². The summed E-state index contributed by atoms with van der Waals surface area (Å²) in [6.45, 7) is 0.300. The van der Waals surface area contributed by atoms with Crippen molar-refractivity contribution in [2.75, 3.05) is 11.0 Å². The highest BCUT2D eigenvalue weighted by Gasteiger charge is 2.23. The Hall–Kier alpha value is -2.66. The van der Waals surface area contributed by atoms with E-state index < -0.39 is 15.9 Å². The second kappa shape index (κ2) is 9.45. The SMILES string of the molecule is CSc1ccccc1CNC(=O)c1ccc(Cl)cc1NS(=O)(=O)c1cccc2nsnc12. The van der Waals surface area contributed by atoms with Crippen LogP contribution in [0.3, 0.4) is 0 Å². The molecule has 32 heavy (non-hydrogen) atoms. The lowest BCUT2D eigenvalue weighted by molar-refractivity contribution is 0.0951. The van der Waals surface area contributed by atoms with Gasteiger partial charge in [-0.25, -0.2) is 8.42 Å². The lowest BCUT2D eigenvalue weighted by atomic mass is 10.1. The van der Waals surface area contributed by atoms with Crippen molar-refractivity contribution in [3.63, 3.8) is 0 Å². The molecule has 164 valence electrons. The molecule has 11 heteroatoms. The van der Waals surface area contributed by atoms with Crippen LogP contribution in [-0.2, 0) is 16.6 Å². The monoisotopic (exact) mass is 504 g/mol. The number of nitrogens with one attached hydrogen (secondary N) is 2. The van der Waals surface area contributed by atoms with Gasteiger partial charge in [-0.2, -0.15) is 8.75 Å². The fraction of sp³-hybridized carbons (Fsp3) is 0.0952. The molecule has 0 bridgehead atoms. The minimum atomic E-state index is -4.05. The largest absolute Gasteiger partial charge is 0.348 e. The predicted molar refractivity (Wildman–Crippen MR) is 129 cm³/mol. The van der Waals surface area contributed by atoms with Gasteiger partial charge in [0.15, 0.2) is 0 Å². The maximum absolute atomic E-state index is 13.1. The van der Waals surface area contributed by atoms with E-state index >= 15 is 0 Å². The maximum atomic E-state index is 13.1. The van der Waals surface area contributed by atoms with Crippen LogP contribution in [0.25, 0.3) is 11.0 Å². The van der Waals surface area contributed by atoms with Crippen molar-refractivity contribution in [3.05, 3.63) is 76.8 Å². The zero-order valence-corrected chi connectivity index (χ0v) is 19.9. The van der Waals surface area contributed by atoms with E-state index in [9.17, 15) is 13.2 Å². The highest BCUT2D eigenvalue weighted by atomic mass is 35.5. The summed E-state index contributed by atoms with van der Waals surface area (Å²) in [6, 6.07) is 16.9. The molecule has 4 rings (SSSR count). The van der Waals surface area contributed by atoms with Crippen LogP contribution in [-0.4, -0.2) is 29.3 Å². The highest BCUT2D eigenvalue weighted by Crippen LogP contribution is 2.27. The fourth-order valence-electron chi connectivity index (χ4n) is 3.12. The van der Waals surface area contributed by atoms with Crippen LogP contribution in [0.1, 0.15) is 15.9 Å². The molecule has 0 unspecified atom stereocenters. The molecule has 2 N–H and O–H groups in total. The Labute approximate surface area is 198 Å². The van der Waals surface area contributed by atoms with E-state index in [0.29, 0.717) is 17.1 Å². The van der Waals surface area contributed by atoms with Crippen LogP contribution >= 0.6 is 35.1 Å². The van der Waals surface area contributed by atoms with Gasteiger partial charge in [-0.05, 0) is 48.2 Å². The summed E-state index contributed by atoms with van der Waals surface area (Å²) in [5.74, 6) is -0.427. The van der Waals surface area contributed by atoms with Crippen LogP contribution in [0.5, 0.6) is 0 Å². The van der Waals surface area contributed by atoms with Crippen molar-refractivity contribution in [1.82, 2.24) is 14.1 Å². The number of anilines is 1. The number of nitrogens with zero attached hydrogens (tertiary/aromatic N) is 2. The fourth-order valence-corrected chi connectivity index (χ4v) is 5.74. The van der Waals surface area contributed by atoms with E-state index in [0.717, 1.165) is 22.2 Å². The number of carbonyl (C=O) groups is 1. The first-order chi connectivity index (χ1) is 15.4. The summed E-state index contributed by atoms with van der Waals surface area (Å²) in [6.07, 6.45) is 1.96. The van der Waals surface area contributed by atoms with Gasteiger partial charge in [0.25, 0.3) is 15.9 Å². The van der Waals surface area contributed by atoms with E-state index in [1.54, 1.807) is 23.9 Å². The third-order valence-electron chi connectivity index (χ3n) is 4.64. The number of halogens is 1. The Morgan fingerprint density at radius 1 is 1.09 bits per heavy atom. The molecule has 0 spiro atoms. The van der Waals surface area contributed by atoms with Crippen LogP contribution in [0.2, 0.25) is 5.02 Å². The Morgan fingerprint density at radius 2 is 1.91 bits per heavy atom. The quantitative estimate of drug-likeness (QED) is 0.351. The van der Waals surface area contributed by atoms with Gasteiger partial charge in [-0.15, -0.1) is 11.8 Å². The summed E-state index contributed by atoms with van der Waals surface area (Å²) in [4.78, 5) is 14.0. The number of fused-ring (bicyclic) bond motifs is 1. The van der Waals surface area contributed by atoms with Crippen molar-refractivity contribution in [2.45, 2.75) is 16.3 Å². The summed E-state index contributed by atoms with van der Waals surface area (Å²) in [5, 5.41) is 3.14. The molecule has 4 aromatic rings. The number of sulfonamides is 1. The summed E-state index contributed by atoms with van der Waals surface area (Å²) >= 11 is 8.61. The van der Waals surface area contributed by atoms with E-state index in [2.05, 4.69) is 18.8 Å². The molecule has 0 aliphatic heterocycles. The van der Waals surface area contributed by atoms with Gasteiger partial charge in [0.05, 0.1) is 23.0 Å². The van der Waals surface area contributed by atoms with Gasteiger partial charge < -0.3 is 5.32 Å². The van der Waals surface area contributed by atoms with Gasteiger partial charge in [-0.1, -0.05) is 35.9 Å². The van der Waals surface area contributed by atoms with Crippen molar-refractivity contribution in [1.29, 1.82) is 0 Å².